The number of nitrogens with zero attached hydrogens (tertiary/aromatic N) is 2. The number of ether oxygens (including phenoxy) is 1. The Kier molecular flexibility index (Phi) is 6.71. The van der Waals surface area contributed by atoms with E-state index in [1.165, 1.54) is 12.1 Å². The predicted octanol–water partition coefficient (Wildman–Crippen LogP) is 3.29. The molecule has 1 amide bonds. The van der Waals surface area contributed by atoms with Crippen LogP contribution in [0.1, 0.15) is 56.3 Å². The minimum absolute atomic E-state index is 0.0760. The summed E-state index contributed by atoms with van der Waals surface area (Å²) in [5, 5.41) is 14.4. The number of nitrogens with one attached hydrogen (secondary N) is 1. The van der Waals surface area contributed by atoms with Crippen molar-refractivity contribution in [2.24, 2.45) is 11.8 Å². The second-order valence-electron chi connectivity index (χ2n) is 8.17. The average Bonchev–Trinajstić information content (AvgIpc) is 3.24. The lowest BCUT2D eigenvalue weighted by atomic mass is 9.78. The summed E-state index contributed by atoms with van der Waals surface area (Å²) in [5.41, 5.74) is 0.477. The zero-order valence-electron chi connectivity index (χ0n) is 17.1. The zero-order chi connectivity index (χ0) is 21.0. The Bertz CT molecular complexity index is 776. The number of hydrogen-bond acceptors (Lipinski definition) is 6. The molecule has 2 aliphatic rings. The standard InChI is InChI=1S/C21H29N3O5/c1-14-6-5-7-17(15(14)2)22-20(25)13-29-21(26)16-8-9-18(19(12-16)24(27)28)23-10-3-4-11-23/h8-9,12,14-15,17H,3-7,10-11,13H2,1-2H3,(H,22,25)/t14-,15+,17+/m0/s1. The molecule has 158 valence electrons. The summed E-state index contributed by atoms with van der Waals surface area (Å²) in [6, 6.07) is 4.43. The van der Waals surface area contributed by atoms with E-state index in [2.05, 4.69) is 19.2 Å². The van der Waals surface area contributed by atoms with Gasteiger partial charge in [-0.05, 0) is 43.2 Å². The maximum atomic E-state index is 12.3. The van der Waals surface area contributed by atoms with Gasteiger partial charge >= 0.3 is 5.97 Å². The number of esters is 1. The SMILES string of the molecule is C[C@@H]1[C@@H](C)CCC[C@H]1NC(=O)COC(=O)c1ccc(N2CCCC2)c([N+](=O)[O-])c1. The summed E-state index contributed by atoms with van der Waals surface area (Å²) < 4.78 is 5.11. The number of nitro benzene ring substituents is 1. The maximum Gasteiger partial charge on any atom is 0.338 e. The summed E-state index contributed by atoms with van der Waals surface area (Å²) in [5.74, 6) is -0.149. The Morgan fingerprint density at radius 2 is 1.93 bits per heavy atom. The van der Waals surface area contributed by atoms with Crippen molar-refractivity contribution in [1.29, 1.82) is 0 Å². The Hall–Kier alpha value is -2.64. The fraction of sp³-hybridized carbons (Fsp3) is 0.619. The van der Waals surface area contributed by atoms with Gasteiger partial charge in [0.05, 0.1) is 10.5 Å². The van der Waals surface area contributed by atoms with E-state index in [4.69, 9.17) is 4.74 Å². The van der Waals surface area contributed by atoms with E-state index < -0.39 is 17.5 Å². The second kappa shape index (κ2) is 9.24. The van der Waals surface area contributed by atoms with Crippen molar-refractivity contribution in [3.63, 3.8) is 0 Å². The van der Waals surface area contributed by atoms with Crippen LogP contribution in [-0.2, 0) is 9.53 Å². The second-order valence-corrected chi connectivity index (χ2v) is 8.17. The lowest BCUT2D eigenvalue weighted by molar-refractivity contribution is -0.384. The summed E-state index contributed by atoms with van der Waals surface area (Å²) in [4.78, 5) is 37.5. The van der Waals surface area contributed by atoms with Crippen LogP contribution in [0, 0.1) is 22.0 Å². The number of nitro groups is 1. The monoisotopic (exact) mass is 403 g/mol. The first-order chi connectivity index (χ1) is 13.9. The molecule has 0 spiro atoms. The van der Waals surface area contributed by atoms with E-state index in [-0.39, 0.29) is 23.2 Å². The smallest absolute Gasteiger partial charge is 0.338 e. The lowest BCUT2D eigenvalue weighted by Crippen LogP contribution is -2.45. The third-order valence-electron chi connectivity index (χ3n) is 6.24. The molecule has 1 saturated heterocycles. The predicted molar refractivity (Wildman–Crippen MR) is 109 cm³/mol. The highest BCUT2D eigenvalue weighted by Gasteiger charge is 2.29. The average molecular weight is 403 g/mol. The van der Waals surface area contributed by atoms with E-state index in [0.717, 1.165) is 45.2 Å². The summed E-state index contributed by atoms with van der Waals surface area (Å²) >= 11 is 0. The van der Waals surface area contributed by atoms with Crippen molar-refractivity contribution in [1.82, 2.24) is 5.32 Å². The Morgan fingerprint density at radius 1 is 1.21 bits per heavy atom. The van der Waals surface area contributed by atoms with Gasteiger partial charge in [0.25, 0.3) is 11.6 Å². The number of hydrogen-bond donors (Lipinski definition) is 1. The first kappa shape index (κ1) is 21.1. The Labute approximate surface area is 170 Å². The van der Waals surface area contributed by atoms with Crippen LogP contribution in [0.2, 0.25) is 0 Å². The maximum absolute atomic E-state index is 12.3. The van der Waals surface area contributed by atoms with Gasteiger partial charge in [0.2, 0.25) is 0 Å². The molecule has 3 atom stereocenters. The van der Waals surface area contributed by atoms with Crippen molar-refractivity contribution >= 4 is 23.3 Å². The van der Waals surface area contributed by atoms with E-state index in [0.29, 0.717) is 17.5 Å². The minimum atomic E-state index is -0.735. The molecular formula is C21H29N3O5. The quantitative estimate of drug-likeness (QED) is 0.444. The molecular weight excluding hydrogens is 374 g/mol. The first-order valence-corrected chi connectivity index (χ1v) is 10.4. The third-order valence-corrected chi connectivity index (χ3v) is 6.24. The highest BCUT2D eigenvalue weighted by Crippen LogP contribution is 2.32. The van der Waals surface area contributed by atoms with Crippen LogP contribution in [0.5, 0.6) is 0 Å². The Morgan fingerprint density at radius 3 is 2.62 bits per heavy atom. The van der Waals surface area contributed by atoms with E-state index in [9.17, 15) is 19.7 Å². The van der Waals surface area contributed by atoms with Crippen molar-refractivity contribution in [2.45, 2.75) is 52.0 Å². The van der Waals surface area contributed by atoms with E-state index in [1.807, 2.05) is 4.90 Å². The number of amides is 1. The van der Waals surface area contributed by atoms with Crippen molar-refractivity contribution in [3.8, 4) is 0 Å². The molecule has 1 aromatic carbocycles. The van der Waals surface area contributed by atoms with Crippen LogP contribution >= 0.6 is 0 Å². The van der Waals surface area contributed by atoms with Gasteiger partial charge in [-0.2, -0.15) is 0 Å². The highest BCUT2D eigenvalue weighted by atomic mass is 16.6. The molecule has 1 aliphatic carbocycles. The van der Waals surface area contributed by atoms with Gasteiger partial charge < -0.3 is 15.0 Å². The molecule has 1 aromatic rings. The van der Waals surface area contributed by atoms with Gasteiger partial charge in [-0.15, -0.1) is 0 Å². The summed E-state index contributed by atoms with van der Waals surface area (Å²) in [6.07, 6.45) is 5.15. The molecule has 8 heteroatoms. The molecule has 1 aliphatic heterocycles. The minimum Gasteiger partial charge on any atom is -0.452 e. The van der Waals surface area contributed by atoms with Crippen molar-refractivity contribution < 1.29 is 19.2 Å². The number of carbonyl (C=O) groups excluding carboxylic acids is 2. The van der Waals surface area contributed by atoms with Gasteiger partial charge in [-0.1, -0.05) is 26.7 Å². The highest BCUT2D eigenvalue weighted by molar-refractivity contribution is 5.93. The molecule has 0 aromatic heterocycles. The molecule has 0 bridgehead atoms. The van der Waals surface area contributed by atoms with E-state index >= 15 is 0 Å². The summed E-state index contributed by atoms with van der Waals surface area (Å²) in [7, 11) is 0. The molecule has 0 unspecified atom stereocenters. The number of benzene rings is 1. The van der Waals surface area contributed by atoms with Crippen LogP contribution < -0.4 is 10.2 Å². The molecule has 2 fully saturated rings. The number of anilines is 1. The van der Waals surface area contributed by atoms with Gasteiger partial charge in [0.1, 0.15) is 5.69 Å². The van der Waals surface area contributed by atoms with Crippen molar-refractivity contribution in [2.75, 3.05) is 24.6 Å². The lowest BCUT2D eigenvalue weighted by Gasteiger charge is -2.34. The number of carbonyl (C=O) groups is 2. The fourth-order valence-corrected chi connectivity index (χ4v) is 4.27. The van der Waals surface area contributed by atoms with Gasteiger partial charge in [-0.25, -0.2) is 4.79 Å². The van der Waals surface area contributed by atoms with Crippen LogP contribution in [-0.4, -0.2) is 42.5 Å². The van der Waals surface area contributed by atoms with Crippen LogP contribution in [0.4, 0.5) is 11.4 Å². The molecule has 29 heavy (non-hydrogen) atoms. The third kappa shape index (κ3) is 5.05. The molecule has 8 nitrogen and oxygen atoms in total. The molecule has 3 rings (SSSR count). The summed E-state index contributed by atoms with van der Waals surface area (Å²) in [6.45, 7) is 5.45. The van der Waals surface area contributed by atoms with Crippen LogP contribution in [0.15, 0.2) is 18.2 Å². The van der Waals surface area contributed by atoms with Gasteiger partial charge in [-0.3, -0.25) is 14.9 Å². The van der Waals surface area contributed by atoms with Crippen LogP contribution in [0.25, 0.3) is 0 Å². The van der Waals surface area contributed by atoms with Gasteiger partial charge in [0, 0.05) is 25.2 Å². The Balaban J connectivity index is 1.59. The molecule has 0 radical (unpaired) electrons. The van der Waals surface area contributed by atoms with E-state index in [1.54, 1.807) is 6.07 Å². The molecule has 1 saturated carbocycles. The first-order valence-electron chi connectivity index (χ1n) is 10.4. The zero-order valence-corrected chi connectivity index (χ0v) is 17.1. The number of rotatable bonds is 6. The largest absolute Gasteiger partial charge is 0.452 e. The topological polar surface area (TPSA) is 102 Å². The normalized spacial score (nSPS) is 24.2. The van der Waals surface area contributed by atoms with Crippen molar-refractivity contribution in [3.05, 3.63) is 33.9 Å². The van der Waals surface area contributed by atoms with Crippen LogP contribution in [0.3, 0.4) is 0 Å². The molecule has 1 N–H and O–H groups in total. The fourth-order valence-electron chi connectivity index (χ4n) is 4.27. The molecule has 1 heterocycles. The van der Waals surface area contributed by atoms with Gasteiger partial charge in [0.15, 0.2) is 6.61 Å².